The maximum Gasteiger partial charge on any atom is 0.264 e. The molecule has 2 aromatic carbocycles. The molecule has 0 saturated heterocycles. The van der Waals surface area contributed by atoms with Crippen LogP contribution in [0.25, 0.3) is 0 Å². The number of nitrogens with zero attached hydrogens (tertiary/aromatic N) is 1. The van der Waals surface area contributed by atoms with Gasteiger partial charge in [-0.1, -0.05) is 25.1 Å². The Hall–Kier alpha value is -2.09. The van der Waals surface area contributed by atoms with E-state index >= 15 is 0 Å². The fourth-order valence-electron chi connectivity index (χ4n) is 3.88. The van der Waals surface area contributed by atoms with Gasteiger partial charge >= 0.3 is 0 Å². The Labute approximate surface area is 179 Å². The standard InChI is InChI=1S/C23H31NO5S/c1-4-12-24-16-19-15-21(28-13-5-14-29-30(3,25)26)10-11-22(19)23(17-24)18-6-8-20(27-2)9-7-18/h6-11,15,23H,4-5,12-14,16-17H2,1-3H3. The third-order valence-electron chi connectivity index (χ3n) is 5.24. The maximum atomic E-state index is 11.0. The Morgan fingerprint density at radius 2 is 1.80 bits per heavy atom. The molecule has 6 nitrogen and oxygen atoms in total. The number of ether oxygens (including phenoxy) is 2. The van der Waals surface area contributed by atoms with E-state index in [0.717, 1.165) is 43.8 Å². The third-order valence-corrected chi connectivity index (χ3v) is 5.83. The molecule has 0 fully saturated rings. The zero-order chi connectivity index (χ0) is 21.6. The summed E-state index contributed by atoms with van der Waals surface area (Å²) in [5.41, 5.74) is 3.89. The molecule has 3 rings (SSSR count). The molecule has 0 aliphatic carbocycles. The molecule has 2 aromatic rings. The molecule has 1 aliphatic rings. The van der Waals surface area contributed by atoms with Crippen LogP contribution in [0.1, 0.15) is 42.4 Å². The Morgan fingerprint density at radius 1 is 1.07 bits per heavy atom. The summed E-state index contributed by atoms with van der Waals surface area (Å²) < 4.78 is 37.9. The first-order valence-electron chi connectivity index (χ1n) is 10.4. The summed E-state index contributed by atoms with van der Waals surface area (Å²) in [7, 11) is -1.72. The summed E-state index contributed by atoms with van der Waals surface area (Å²) >= 11 is 0. The molecule has 164 valence electrons. The number of rotatable bonds is 10. The second kappa shape index (κ2) is 10.3. The Kier molecular flexibility index (Phi) is 7.75. The minimum atomic E-state index is -3.40. The molecule has 0 amide bonds. The van der Waals surface area contributed by atoms with Crippen molar-refractivity contribution in [1.29, 1.82) is 0 Å². The zero-order valence-corrected chi connectivity index (χ0v) is 18.8. The van der Waals surface area contributed by atoms with Crippen molar-refractivity contribution in [2.24, 2.45) is 0 Å². The van der Waals surface area contributed by atoms with Crippen molar-refractivity contribution >= 4 is 10.1 Å². The third kappa shape index (κ3) is 6.20. The van der Waals surface area contributed by atoms with Crippen molar-refractivity contribution in [3.8, 4) is 11.5 Å². The molecular weight excluding hydrogens is 402 g/mol. The molecule has 0 spiro atoms. The van der Waals surface area contributed by atoms with Crippen LogP contribution in [-0.4, -0.2) is 53.0 Å². The van der Waals surface area contributed by atoms with E-state index in [2.05, 4.69) is 36.1 Å². The molecule has 1 unspecified atom stereocenters. The van der Waals surface area contributed by atoms with E-state index in [-0.39, 0.29) is 6.61 Å². The number of hydrogen-bond acceptors (Lipinski definition) is 6. The molecule has 0 saturated carbocycles. The predicted octanol–water partition coefficient (Wildman–Crippen LogP) is 3.80. The lowest BCUT2D eigenvalue weighted by Crippen LogP contribution is -2.34. The van der Waals surface area contributed by atoms with E-state index in [1.165, 1.54) is 16.7 Å². The highest BCUT2D eigenvalue weighted by Crippen LogP contribution is 2.36. The van der Waals surface area contributed by atoms with Gasteiger partial charge in [-0.25, -0.2) is 0 Å². The van der Waals surface area contributed by atoms with Crippen molar-refractivity contribution in [3.63, 3.8) is 0 Å². The van der Waals surface area contributed by atoms with Crippen LogP contribution in [0.5, 0.6) is 11.5 Å². The Bertz CT molecular complexity index is 927. The van der Waals surface area contributed by atoms with Crippen LogP contribution in [0.3, 0.4) is 0 Å². The molecular formula is C23H31NO5S. The van der Waals surface area contributed by atoms with Gasteiger partial charge in [0.2, 0.25) is 0 Å². The van der Waals surface area contributed by atoms with Gasteiger partial charge < -0.3 is 9.47 Å². The molecule has 7 heteroatoms. The largest absolute Gasteiger partial charge is 0.497 e. The average Bonchev–Trinajstić information content (AvgIpc) is 2.72. The zero-order valence-electron chi connectivity index (χ0n) is 18.0. The fraction of sp³-hybridized carbons (Fsp3) is 0.478. The van der Waals surface area contributed by atoms with E-state index in [1.807, 2.05) is 18.2 Å². The first-order valence-corrected chi connectivity index (χ1v) is 12.2. The van der Waals surface area contributed by atoms with Crippen molar-refractivity contribution in [2.75, 3.05) is 39.7 Å². The van der Waals surface area contributed by atoms with Crippen molar-refractivity contribution < 1.29 is 22.1 Å². The summed E-state index contributed by atoms with van der Waals surface area (Å²) in [4.78, 5) is 2.49. The number of fused-ring (bicyclic) bond motifs is 1. The lowest BCUT2D eigenvalue weighted by molar-refractivity contribution is 0.237. The van der Waals surface area contributed by atoms with Crippen molar-refractivity contribution in [2.45, 2.75) is 32.2 Å². The highest BCUT2D eigenvalue weighted by molar-refractivity contribution is 7.85. The van der Waals surface area contributed by atoms with Gasteiger partial charge in [-0.3, -0.25) is 9.08 Å². The molecule has 0 bridgehead atoms. The normalized spacial score (nSPS) is 16.8. The van der Waals surface area contributed by atoms with E-state index in [4.69, 9.17) is 13.7 Å². The van der Waals surface area contributed by atoms with Crippen LogP contribution in [0.2, 0.25) is 0 Å². The Balaban J connectivity index is 1.73. The topological polar surface area (TPSA) is 65.1 Å². The maximum absolute atomic E-state index is 11.0. The second-order valence-corrected chi connectivity index (χ2v) is 9.29. The predicted molar refractivity (Wildman–Crippen MR) is 118 cm³/mol. The number of hydrogen-bond donors (Lipinski definition) is 0. The molecule has 0 radical (unpaired) electrons. The van der Waals surface area contributed by atoms with Gasteiger partial charge in [0.15, 0.2) is 0 Å². The van der Waals surface area contributed by atoms with Crippen molar-refractivity contribution in [3.05, 3.63) is 59.2 Å². The van der Waals surface area contributed by atoms with Crippen LogP contribution < -0.4 is 9.47 Å². The first-order chi connectivity index (χ1) is 14.4. The quantitative estimate of drug-likeness (QED) is 0.420. The van der Waals surface area contributed by atoms with Crippen LogP contribution in [0.4, 0.5) is 0 Å². The van der Waals surface area contributed by atoms with Gasteiger partial charge in [0.25, 0.3) is 10.1 Å². The van der Waals surface area contributed by atoms with Crippen LogP contribution in [0.15, 0.2) is 42.5 Å². The van der Waals surface area contributed by atoms with Gasteiger partial charge in [0, 0.05) is 25.4 Å². The highest BCUT2D eigenvalue weighted by Gasteiger charge is 2.26. The molecule has 30 heavy (non-hydrogen) atoms. The Morgan fingerprint density at radius 3 is 2.47 bits per heavy atom. The minimum Gasteiger partial charge on any atom is -0.497 e. The van der Waals surface area contributed by atoms with Crippen LogP contribution in [-0.2, 0) is 20.8 Å². The molecule has 1 atom stereocenters. The second-order valence-electron chi connectivity index (χ2n) is 7.65. The lowest BCUT2D eigenvalue weighted by atomic mass is 9.84. The summed E-state index contributed by atoms with van der Waals surface area (Å²) in [6.45, 7) is 5.71. The van der Waals surface area contributed by atoms with Gasteiger partial charge in [-0.2, -0.15) is 8.42 Å². The van der Waals surface area contributed by atoms with Gasteiger partial charge in [0.05, 0.1) is 26.6 Å². The average molecular weight is 434 g/mol. The van der Waals surface area contributed by atoms with E-state index in [0.29, 0.717) is 18.9 Å². The van der Waals surface area contributed by atoms with Gasteiger partial charge in [-0.15, -0.1) is 0 Å². The van der Waals surface area contributed by atoms with E-state index < -0.39 is 10.1 Å². The van der Waals surface area contributed by atoms with Gasteiger partial charge in [-0.05, 0) is 53.9 Å². The summed E-state index contributed by atoms with van der Waals surface area (Å²) in [5.74, 6) is 1.98. The van der Waals surface area contributed by atoms with Crippen molar-refractivity contribution in [1.82, 2.24) is 4.90 Å². The summed E-state index contributed by atoms with van der Waals surface area (Å²) in [6, 6.07) is 14.6. The molecule has 1 heterocycles. The first kappa shape index (κ1) is 22.6. The molecule has 0 aromatic heterocycles. The van der Waals surface area contributed by atoms with Crippen LogP contribution >= 0.6 is 0 Å². The summed E-state index contributed by atoms with van der Waals surface area (Å²) in [5, 5.41) is 0. The molecule has 0 N–H and O–H groups in total. The number of benzene rings is 2. The monoisotopic (exact) mass is 433 g/mol. The lowest BCUT2D eigenvalue weighted by Gasteiger charge is -2.35. The minimum absolute atomic E-state index is 0.133. The smallest absolute Gasteiger partial charge is 0.264 e. The number of methoxy groups -OCH3 is 1. The van der Waals surface area contributed by atoms with E-state index in [1.54, 1.807) is 7.11 Å². The SMILES string of the molecule is CCCN1Cc2cc(OCCCOS(C)(=O)=O)ccc2C(c2ccc(OC)cc2)C1. The highest BCUT2D eigenvalue weighted by atomic mass is 32.2. The van der Waals surface area contributed by atoms with Gasteiger partial charge in [0.1, 0.15) is 11.5 Å². The summed E-state index contributed by atoms with van der Waals surface area (Å²) in [6.07, 6.45) is 2.68. The fourth-order valence-corrected chi connectivity index (χ4v) is 4.30. The van der Waals surface area contributed by atoms with E-state index in [9.17, 15) is 8.42 Å². The van der Waals surface area contributed by atoms with Crippen LogP contribution in [0, 0.1) is 0 Å². The molecule has 1 aliphatic heterocycles.